The maximum absolute atomic E-state index is 11.7. The molecule has 0 unspecified atom stereocenters. The molecule has 0 atom stereocenters. The van der Waals surface area contributed by atoms with Crippen LogP contribution in [0.3, 0.4) is 0 Å². The topological polar surface area (TPSA) is 20.3 Å². The van der Waals surface area contributed by atoms with Crippen LogP contribution in [0.15, 0.2) is 11.8 Å². The lowest BCUT2D eigenvalue weighted by Gasteiger charge is -2.19. The number of hydrogen-bond acceptors (Lipinski definition) is 2. The summed E-state index contributed by atoms with van der Waals surface area (Å²) in [7, 11) is 0. The Morgan fingerprint density at radius 1 is 1.08 bits per heavy atom. The third-order valence-electron chi connectivity index (χ3n) is 2.93. The van der Waals surface area contributed by atoms with Gasteiger partial charge in [0.05, 0.1) is 5.70 Å². The molecule has 0 spiro atoms. The number of rotatable bonds is 1. The van der Waals surface area contributed by atoms with Gasteiger partial charge in [0.15, 0.2) is 5.78 Å². The van der Waals surface area contributed by atoms with Crippen molar-refractivity contribution in [3.8, 4) is 0 Å². The van der Waals surface area contributed by atoms with Gasteiger partial charge in [0.25, 0.3) is 0 Å². The Morgan fingerprint density at radius 2 is 1.85 bits per heavy atom. The van der Waals surface area contributed by atoms with Crippen molar-refractivity contribution >= 4 is 5.78 Å². The molecule has 0 aromatic rings. The van der Waals surface area contributed by atoms with Crippen LogP contribution in [0, 0.1) is 0 Å². The van der Waals surface area contributed by atoms with Crippen molar-refractivity contribution < 1.29 is 4.79 Å². The highest BCUT2D eigenvalue weighted by molar-refractivity contribution is 5.94. The molecule has 2 nitrogen and oxygen atoms in total. The van der Waals surface area contributed by atoms with Gasteiger partial charge >= 0.3 is 0 Å². The molecule has 0 aromatic heterocycles. The Morgan fingerprint density at radius 3 is 2.62 bits per heavy atom. The maximum atomic E-state index is 11.7. The van der Waals surface area contributed by atoms with Gasteiger partial charge in [-0.3, -0.25) is 4.79 Å². The smallest absolute Gasteiger partial charge is 0.178 e. The Hall–Kier alpha value is -0.790. The van der Waals surface area contributed by atoms with Gasteiger partial charge in [-0.1, -0.05) is 6.08 Å². The lowest BCUT2D eigenvalue weighted by Crippen LogP contribution is -2.23. The second kappa shape index (κ2) is 3.95. The third-order valence-corrected chi connectivity index (χ3v) is 2.93. The molecule has 0 aromatic carbocycles. The molecule has 1 aliphatic heterocycles. The number of carbonyl (C=O) groups is 1. The summed E-state index contributed by atoms with van der Waals surface area (Å²) in [5.41, 5.74) is 1.02. The minimum absolute atomic E-state index is 0.374. The number of likely N-dealkylation sites (tertiary alicyclic amines) is 1. The summed E-state index contributed by atoms with van der Waals surface area (Å²) in [4.78, 5) is 14.0. The average molecular weight is 179 g/mol. The standard InChI is InChI=1S/C11H17NO/c13-11-7-3-1-2-6-10(11)12-8-4-5-9-12/h6H,1-5,7-9H2. The summed E-state index contributed by atoms with van der Waals surface area (Å²) < 4.78 is 0. The van der Waals surface area contributed by atoms with Gasteiger partial charge in [-0.15, -0.1) is 0 Å². The van der Waals surface area contributed by atoms with E-state index in [9.17, 15) is 4.79 Å². The van der Waals surface area contributed by atoms with E-state index in [1.54, 1.807) is 0 Å². The fourth-order valence-corrected chi connectivity index (χ4v) is 2.17. The van der Waals surface area contributed by atoms with Gasteiger partial charge in [-0.2, -0.15) is 0 Å². The van der Waals surface area contributed by atoms with E-state index < -0.39 is 0 Å². The van der Waals surface area contributed by atoms with Crippen molar-refractivity contribution in [3.63, 3.8) is 0 Å². The lowest BCUT2D eigenvalue weighted by molar-refractivity contribution is -0.116. The molecule has 0 saturated carbocycles. The molecule has 1 saturated heterocycles. The predicted octanol–water partition coefficient (Wildman–Crippen LogP) is 2.11. The molecular weight excluding hydrogens is 162 g/mol. The van der Waals surface area contributed by atoms with E-state index in [0.29, 0.717) is 5.78 Å². The number of ketones is 1. The van der Waals surface area contributed by atoms with E-state index >= 15 is 0 Å². The van der Waals surface area contributed by atoms with E-state index in [1.807, 2.05) is 0 Å². The fourth-order valence-electron chi connectivity index (χ4n) is 2.17. The van der Waals surface area contributed by atoms with E-state index in [1.165, 1.54) is 19.3 Å². The largest absolute Gasteiger partial charge is 0.369 e. The molecule has 13 heavy (non-hydrogen) atoms. The zero-order chi connectivity index (χ0) is 9.10. The van der Waals surface area contributed by atoms with Crippen LogP contribution in [-0.2, 0) is 4.79 Å². The van der Waals surface area contributed by atoms with Gasteiger partial charge in [-0.05, 0) is 32.1 Å². The number of allylic oxidation sites excluding steroid dienone is 2. The van der Waals surface area contributed by atoms with E-state index in [0.717, 1.165) is 38.0 Å². The van der Waals surface area contributed by atoms with Crippen LogP contribution in [0.25, 0.3) is 0 Å². The Labute approximate surface area is 79.6 Å². The van der Waals surface area contributed by atoms with Crippen LogP contribution in [-0.4, -0.2) is 23.8 Å². The molecular formula is C11H17NO. The number of nitrogens with zero attached hydrogens (tertiary/aromatic N) is 1. The second-order valence-electron chi connectivity index (χ2n) is 3.95. The summed E-state index contributed by atoms with van der Waals surface area (Å²) in [6.07, 6.45) is 8.78. The summed E-state index contributed by atoms with van der Waals surface area (Å²) in [6.45, 7) is 2.19. The van der Waals surface area contributed by atoms with Crippen LogP contribution in [0.4, 0.5) is 0 Å². The summed E-state index contributed by atoms with van der Waals surface area (Å²) >= 11 is 0. The first kappa shape index (κ1) is 8.79. The van der Waals surface area contributed by atoms with Gasteiger partial charge in [-0.25, -0.2) is 0 Å². The molecule has 0 amide bonds. The first-order valence-electron chi connectivity index (χ1n) is 5.36. The van der Waals surface area contributed by atoms with E-state index in [-0.39, 0.29) is 0 Å². The van der Waals surface area contributed by atoms with Crippen molar-refractivity contribution in [1.82, 2.24) is 4.90 Å². The van der Waals surface area contributed by atoms with Gasteiger partial charge in [0.2, 0.25) is 0 Å². The Balaban J connectivity index is 2.08. The average Bonchev–Trinajstić information content (AvgIpc) is 2.56. The number of carbonyl (C=O) groups excluding carboxylic acids is 1. The Bertz CT molecular complexity index is 226. The van der Waals surface area contributed by atoms with Crippen molar-refractivity contribution in [3.05, 3.63) is 11.8 Å². The molecule has 1 heterocycles. The third kappa shape index (κ3) is 1.93. The summed E-state index contributed by atoms with van der Waals surface area (Å²) in [5.74, 6) is 0.374. The first-order chi connectivity index (χ1) is 6.38. The maximum Gasteiger partial charge on any atom is 0.178 e. The lowest BCUT2D eigenvalue weighted by atomic mass is 10.2. The first-order valence-corrected chi connectivity index (χ1v) is 5.36. The van der Waals surface area contributed by atoms with Crippen molar-refractivity contribution in [2.75, 3.05) is 13.1 Å². The molecule has 72 valence electrons. The Kier molecular flexibility index (Phi) is 2.67. The number of hydrogen-bond donors (Lipinski definition) is 0. The predicted molar refractivity (Wildman–Crippen MR) is 52.4 cm³/mol. The second-order valence-corrected chi connectivity index (χ2v) is 3.95. The SMILES string of the molecule is O=C1CCCCC=C1N1CCCC1. The van der Waals surface area contributed by atoms with Crippen LogP contribution < -0.4 is 0 Å². The monoisotopic (exact) mass is 179 g/mol. The normalized spacial score (nSPS) is 24.5. The van der Waals surface area contributed by atoms with Crippen LogP contribution in [0.1, 0.15) is 38.5 Å². The van der Waals surface area contributed by atoms with Gasteiger partial charge in [0, 0.05) is 19.5 Å². The minimum Gasteiger partial charge on any atom is -0.369 e. The molecule has 2 rings (SSSR count). The van der Waals surface area contributed by atoms with Gasteiger partial charge < -0.3 is 4.90 Å². The summed E-state index contributed by atoms with van der Waals surface area (Å²) in [6, 6.07) is 0. The van der Waals surface area contributed by atoms with Crippen LogP contribution in [0.2, 0.25) is 0 Å². The van der Waals surface area contributed by atoms with Crippen LogP contribution >= 0.6 is 0 Å². The van der Waals surface area contributed by atoms with Gasteiger partial charge in [0.1, 0.15) is 0 Å². The van der Waals surface area contributed by atoms with E-state index in [4.69, 9.17) is 0 Å². The zero-order valence-electron chi connectivity index (χ0n) is 8.09. The highest BCUT2D eigenvalue weighted by atomic mass is 16.1. The van der Waals surface area contributed by atoms with Crippen molar-refractivity contribution in [1.29, 1.82) is 0 Å². The quantitative estimate of drug-likeness (QED) is 0.614. The molecule has 0 bridgehead atoms. The molecule has 1 fully saturated rings. The summed E-state index contributed by atoms with van der Waals surface area (Å²) in [5, 5.41) is 0. The van der Waals surface area contributed by atoms with E-state index in [2.05, 4.69) is 11.0 Å². The molecule has 1 aliphatic carbocycles. The highest BCUT2D eigenvalue weighted by Crippen LogP contribution is 2.21. The molecule has 2 heteroatoms. The molecule has 0 radical (unpaired) electrons. The fraction of sp³-hybridized carbons (Fsp3) is 0.727. The molecule has 2 aliphatic rings. The molecule has 0 N–H and O–H groups in total. The zero-order valence-corrected chi connectivity index (χ0v) is 8.09. The van der Waals surface area contributed by atoms with Crippen LogP contribution in [0.5, 0.6) is 0 Å². The van der Waals surface area contributed by atoms with Crippen molar-refractivity contribution in [2.24, 2.45) is 0 Å². The minimum atomic E-state index is 0.374. The highest BCUT2D eigenvalue weighted by Gasteiger charge is 2.21. The number of Topliss-reactive ketones (excluding diaryl/α,β-unsaturated/α-hetero) is 1. The van der Waals surface area contributed by atoms with Crippen molar-refractivity contribution in [2.45, 2.75) is 38.5 Å².